The van der Waals surface area contributed by atoms with Gasteiger partial charge in [-0.1, -0.05) is 33.3 Å². The van der Waals surface area contributed by atoms with E-state index in [4.69, 9.17) is 0 Å². The fourth-order valence-electron chi connectivity index (χ4n) is 1.06. The Kier molecular flexibility index (Phi) is 15.8. The van der Waals surface area contributed by atoms with Crippen LogP contribution in [0.25, 0.3) is 0 Å². The van der Waals surface area contributed by atoms with Gasteiger partial charge in [0.05, 0.1) is 0 Å². The quantitative estimate of drug-likeness (QED) is 0.597. The third kappa shape index (κ3) is 9.70. The Morgan fingerprint density at radius 3 is 2.17 bits per heavy atom. The zero-order valence-corrected chi connectivity index (χ0v) is 9.19. The van der Waals surface area contributed by atoms with Crippen molar-refractivity contribution in [3.05, 3.63) is 12.7 Å². The van der Waals surface area contributed by atoms with Gasteiger partial charge < -0.3 is 5.32 Å². The average Bonchev–Trinajstić information content (AvgIpc) is 2.61. The van der Waals surface area contributed by atoms with E-state index in [1.165, 1.54) is 25.9 Å². The summed E-state index contributed by atoms with van der Waals surface area (Å²) < 4.78 is 0. The zero-order valence-electron chi connectivity index (χ0n) is 9.19. The van der Waals surface area contributed by atoms with Gasteiger partial charge in [-0.2, -0.15) is 0 Å². The van der Waals surface area contributed by atoms with Gasteiger partial charge in [0.2, 0.25) is 0 Å². The molecule has 0 amide bonds. The molecule has 0 bridgehead atoms. The lowest BCUT2D eigenvalue weighted by Crippen LogP contribution is -2.07. The van der Waals surface area contributed by atoms with Crippen molar-refractivity contribution in [3.8, 4) is 0 Å². The third-order valence-electron chi connectivity index (χ3n) is 1.74. The molecule has 1 aliphatic rings. The highest BCUT2D eigenvalue weighted by molar-refractivity contribution is 4.68. The van der Waals surface area contributed by atoms with Crippen LogP contribution < -0.4 is 5.32 Å². The normalized spacial score (nSPS) is 19.8. The highest BCUT2D eigenvalue weighted by Crippen LogP contribution is 2.09. The Hall–Kier alpha value is -0.300. The van der Waals surface area contributed by atoms with Gasteiger partial charge in [0.15, 0.2) is 0 Å². The first kappa shape index (κ1) is 14.2. The molecule has 1 unspecified atom stereocenters. The van der Waals surface area contributed by atoms with E-state index in [1.807, 2.05) is 20.8 Å². The summed E-state index contributed by atoms with van der Waals surface area (Å²) >= 11 is 0. The second-order valence-corrected chi connectivity index (χ2v) is 2.68. The zero-order chi connectivity index (χ0) is 9.82. The van der Waals surface area contributed by atoms with Crippen LogP contribution in [0.1, 0.15) is 40.5 Å². The molecule has 1 fully saturated rings. The lowest BCUT2D eigenvalue weighted by atomic mass is 10.1. The van der Waals surface area contributed by atoms with Crippen LogP contribution in [0.3, 0.4) is 0 Å². The van der Waals surface area contributed by atoms with Crippen LogP contribution >= 0.6 is 0 Å². The van der Waals surface area contributed by atoms with Crippen LogP contribution in [-0.2, 0) is 0 Å². The molecule has 0 aromatic carbocycles. The summed E-state index contributed by atoms with van der Waals surface area (Å²) in [4.78, 5) is 0. The molecule has 0 saturated carbocycles. The predicted octanol–water partition coefficient (Wildman–Crippen LogP) is 3.22. The second kappa shape index (κ2) is 13.3. The summed E-state index contributed by atoms with van der Waals surface area (Å²) in [6.45, 7) is 14.0. The fourth-order valence-corrected chi connectivity index (χ4v) is 1.06. The molecule has 0 aromatic rings. The molecule has 1 heteroatoms. The summed E-state index contributed by atoms with van der Waals surface area (Å²) in [5.74, 6) is 0.986. The van der Waals surface area contributed by atoms with E-state index >= 15 is 0 Å². The van der Waals surface area contributed by atoms with Gasteiger partial charge in [0.25, 0.3) is 0 Å². The van der Waals surface area contributed by atoms with E-state index in [9.17, 15) is 0 Å². The largest absolute Gasteiger partial charge is 0.316 e. The smallest absolute Gasteiger partial charge is 0.00201 e. The number of hydrogen-bond acceptors (Lipinski definition) is 1. The number of rotatable bonds is 1. The Labute approximate surface area is 78.3 Å². The number of allylic oxidation sites excluding steroid dienone is 1. The third-order valence-corrected chi connectivity index (χ3v) is 1.74. The highest BCUT2D eigenvalue weighted by Gasteiger charge is 2.10. The molecular formula is C11H25N. The molecule has 0 aliphatic carbocycles. The molecule has 1 heterocycles. The van der Waals surface area contributed by atoms with Crippen molar-refractivity contribution >= 4 is 0 Å². The SMILES string of the molecule is C=CC.CC.CCC1CCNC1. The molecule has 12 heavy (non-hydrogen) atoms. The molecule has 0 aromatic heterocycles. The minimum atomic E-state index is 0.986. The maximum Gasteiger partial charge on any atom is -0.00201 e. The molecule has 0 radical (unpaired) electrons. The van der Waals surface area contributed by atoms with Gasteiger partial charge in [-0.15, -0.1) is 6.58 Å². The topological polar surface area (TPSA) is 12.0 Å². The Morgan fingerprint density at radius 2 is 2.00 bits per heavy atom. The van der Waals surface area contributed by atoms with Crippen LogP contribution in [0, 0.1) is 5.92 Å². The van der Waals surface area contributed by atoms with Crippen molar-refractivity contribution in [2.24, 2.45) is 5.92 Å². The molecule has 1 nitrogen and oxygen atoms in total. The molecule has 0 spiro atoms. The monoisotopic (exact) mass is 171 g/mol. The van der Waals surface area contributed by atoms with Gasteiger partial charge in [-0.05, 0) is 32.4 Å². The number of hydrogen-bond donors (Lipinski definition) is 1. The molecule has 1 aliphatic heterocycles. The minimum Gasteiger partial charge on any atom is -0.316 e. The fraction of sp³-hybridized carbons (Fsp3) is 0.818. The highest BCUT2D eigenvalue weighted by atomic mass is 14.9. The van der Waals surface area contributed by atoms with E-state index in [1.54, 1.807) is 6.08 Å². The molecule has 1 atom stereocenters. The first-order valence-electron chi connectivity index (χ1n) is 5.12. The predicted molar refractivity (Wildman–Crippen MR) is 58.5 cm³/mol. The average molecular weight is 171 g/mol. The van der Waals surface area contributed by atoms with Crippen LogP contribution in [0.5, 0.6) is 0 Å². The van der Waals surface area contributed by atoms with Gasteiger partial charge in [0, 0.05) is 0 Å². The molecule has 1 saturated heterocycles. The van der Waals surface area contributed by atoms with E-state index in [-0.39, 0.29) is 0 Å². The van der Waals surface area contributed by atoms with Crippen molar-refractivity contribution < 1.29 is 0 Å². The second-order valence-electron chi connectivity index (χ2n) is 2.68. The van der Waals surface area contributed by atoms with Crippen LogP contribution in [-0.4, -0.2) is 13.1 Å². The van der Waals surface area contributed by atoms with Gasteiger partial charge >= 0.3 is 0 Å². The molecule has 74 valence electrons. The summed E-state index contributed by atoms with van der Waals surface area (Å²) in [5, 5.41) is 3.32. The Bertz CT molecular complexity index is 73.1. The van der Waals surface area contributed by atoms with Crippen molar-refractivity contribution in [3.63, 3.8) is 0 Å². The van der Waals surface area contributed by atoms with Crippen LogP contribution in [0.15, 0.2) is 12.7 Å². The standard InChI is InChI=1S/C6H13N.C3H6.C2H6/c1-2-6-3-4-7-5-6;1-3-2;1-2/h6-7H,2-5H2,1H3;3H,1H2,2H3;1-2H3. The molecule has 1 rings (SSSR count). The summed E-state index contributed by atoms with van der Waals surface area (Å²) in [7, 11) is 0. The van der Waals surface area contributed by atoms with Crippen LogP contribution in [0.4, 0.5) is 0 Å². The van der Waals surface area contributed by atoms with Crippen molar-refractivity contribution in [2.75, 3.05) is 13.1 Å². The van der Waals surface area contributed by atoms with E-state index in [0.29, 0.717) is 0 Å². The first-order chi connectivity index (χ1) is 5.85. The van der Waals surface area contributed by atoms with Gasteiger partial charge in [-0.25, -0.2) is 0 Å². The van der Waals surface area contributed by atoms with Gasteiger partial charge in [0.1, 0.15) is 0 Å². The first-order valence-corrected chi connectivity index (χ1v) is 5.12. The van der Waals surface area contributed by atoms with Gasteiger partial charge in [-0.3, -0.25) is 0 Å². The molecular weight excluding hydrogens is 146 g/mol. The molecule has 1 N–H and O–H groups in total. The lowest BCUT2D eigenvalue weighted by molar-refractivity contribution is 0.563. The Morgan fingerprint density at radius 1 is 1.50 bits per heavy atom. The van der Waals surface area contributed by atoms with Crippen molar-refractivity contribution in [1.29, 1.82) is 0 Å². The number of nitrogens with one attached hydrogen (secondary N) is 1. The summed E-state index contributed by atoms with van der Waals surface area (Å²) in [6.07, 6.45) is 4.50. The summed E-state index contributed by atoms with van der Waals surface area (Å²) in [5.41, 5.74) is 0. The van der Waals surface area contributed by atoms with Crippen molar-refractivity contribution in [2.45, 2.75) is 40.5 Å². The van der Waals surface area contributed by atoms with E-state index in [2.05, 4.69) is 18.8 Å². The van der Waals surface area contributed by atoms with Crippen LogP contribution in [0.2, 0.25) is 0 Å². The van der Waals surface area contributed by atoms with E-state index in [0.717, 1.165) is 5.92 Å². The maximum atomic E-state index is 3.36. The summed E-state index contributed by atoms with van der Waals surface area (Å²) in [6, 6.07) is 0. The minimum absolute atomic E-state index is 0.986. The maximum absolute atomic E-state index is 3.36. The van der Waals surface area contributed by atoms with Crippen molar-refractivity contribution in [1.82, 2.24) is 5.32 Å². The Balaban J connectivity index is 0. The lowest BCUT2D eigenvalue weighted by Gasteiger charge is -1.98. The van der Waals surface area contributed by atoms with E-state index < -0.39 is 0 Å².